The number of carbonyl (C=O) groups excluding carboxylic acids is 2. The summed E-state index contributed by atoms with van der Waals surface area (Å²) >= 11 is 13.5. The largest absolute Gasteiger partial charge is 0.479 e. The summed E-state index contributed by atoms with van der Waals surface area (Å²) in [4.78, 5) is 36.2. The monoisotopic (exact) mass is 732 g/mol. The molecular formula is C36H31Cl2FN6O6. The Morgan fingerprint density at radius 3 is 2.39 bits per heavy atom. The van der Waals surface area contributed by atoms with E-state index in [0.29, 0.717) is 63.8 Å². The van der Waals surface area contributed by atoms with E-state index >= 15 is 4.39 Å². The lowest BCUT2D eigenvalue weighted by molar-refractivity contribution is 0.0515. The Kier molecular flexibility index (Phi) is 8.44. The molecule has 2 atom stereocenters. The number of esters is 1. The average Bonchev–Trinajstić information content (AvgIpc) is 3.64. The zero-order valence-electron chi connectivity index (χ0n) is 27.8. The van der Waals surface area contributed by atoms with E-state index in [0.717, 1.165) is 12.8 Å². The first-order valence-corrected chi connectivity index (χ1v) is 17.0. The first-order chi connectivity index (χ1) is 24.7. The van der Waals surface area contributed by atoms with Gasteiger partial charge in [-0.3, -0.25) is 4.79 Å². The van der Waals surface area contributed by atoms with Crippen LogP contribution in [0.15, 0.2) is 48.7 Å². The van der Waals surface area contributed by atoms with E-state index in [1.165, 1.54) is 30.0 Å². The fourth-order valence-electron chi connectivity index (χ4n) is 7.32. The molecule has 3 aliphatic heterocycles. The molecule has 0 N–H and O–H groups in total. The van der Waals surface area contributed by atoms with E-state index in [-0.39, 0.29) is 52.1 Å². The summed E-state index contributed by atoms with van der Waals surface area (Å²) in [5.41, 5.74) is 4.50. The Balaban J connectivity index is 1.11. The van der Waals surface area contributed by atoms with Crippen molar-refractivity contribution in [2.45, 2.75) is 31.5 Å². The molecule has 0 saturated carbocycles. The second-order valence-electron chi connectivity index (χ2n) is 12.6. The molecule has 2 bridgehead atoms. The minimum absolute atomic E-state index is 0.0691. The Morgan fingerprint density at radius 2 is 1.69 bits per heavy atom. The van der Waals surface area contributed by atoms with Crippen LogP contribution in [0.1, 0.15) is 39.1 Å². The molecule has 51 heavy (non-hydrogen) atoms. The van der Waals surface area contributed by atoms with Crippen molar-refractivity contribution < 1.29 is 32.9 Å². The number of nitrogens with zero attached hydrogens (tertiary/aromatic N) is 6. The van der Waals surface area contributed by atoms with Crippen LogP contribution in [0, 0.1) is 5.82 Å². The molecule has 3 aliphatic rings. The number of pyridine rings is 1. The van der Waals surface area contributed by atoms with Gasteiger partial charge in [0.1, 0.15) is 17.1 Å². The smallest absolute Gasteiger partial charge is 0.340 e. The van der Waals surface area contributed by atoms with Gasteiger partial charge in [-0.05, 0) is 42.7 Å². The number of para-hydroxylation sites is 1. The fourth-order valence-corrected chi connectivity index (χ4v) is 7.97. The molecule has 8 rings (SSSR count). The molecule has 2 saturated heterocycles. The van der Waals surface area contributed by atoms with Gasteiger partial charge in [0, 0.05) is 35.5 Å². The van der Waals surface area contributed by atoms with Crippen molar-refractivity contribution in [3.8, 4) is 33.9 Å². The molecule has 2 fully saturated rings. The van der Waals surface area contributed by atoms with Gasteiger partial charge in [-0.1, -0.05) is 41.4 Å². The second kappa shape index (κ2) is 13.0. The highest BCUT2D eigenvalue weighted by Gasteiger charge is 2.40. The molecule has 1 amide bonds. The molecule has 3 aromatic carbocycles. The number of hydrogen-bond acceptors (Lipinski definition) is 10. The van der Waals surface area contributed by atoms with Crippen LogP contribution in [0.4, 0.5) is 10.1 Å². The van der Waals surface area contributed by atoms with Gasteiger partial charge in [-0.25, -0.2) is 14.2 Å². The van der Waals surface area contributed by atoms with Gasteiger partial charge < -0.3 is 28.7 Å². The number of methoxy groups -OCH3 is 2. The van der Waals surface area contributed by atoms with E-state index < -0.39 is 17.7 Å². The number of morpholine rings is 1. The number of halogens is 3. The van der Waals surface area contributed by atoms with Gasteiger partial charge in [-0.15, -0.1) is 5.10 Å². The maximum absolute atomic E-state index is 15.9. The van der Waals surface area contributed by atoms with Gasteiger partial charge in [-0.2, -0.15) is 9.90 Å². The number of aromatic nitrogens is 4. The maximum atomic E-state index is 15.9. The molecule has 2 aromatic heterocycles. The number of aryl methyl sites for hydroxylation is 1. The zero-order valence-corrected chi connectivity index (χ0v) is 29.3. The average molecular weight is 734 g/mol. The van der Waals surface area contributed by atoms with Crippen LogP contribution >= 0.6 is 23.2 Å². The fraction of sp³-hybridized carbons (Fsp3) is 0.306. The third-order valence-electron chi connectivity index (χ3n) is 9.65. The van der Waals surface area contributed by atoms with E-state index in [1.54, 1.807) is 43.6 Å². The Hall–Kier alpha value is -4.98. The summed E-state index contributed by atoms with van der Waals surface area (Å²) in [7, 11) is 4.47. The van der Waals surface area contributed by atoms with Crippen molar-refractivity contribution in [3.05, 3.63) is 81.2 Å². The van der Waals surface area contributed by atoms with Gasteiger partial charge in [0.15, 0.2) is 12.2 Å². The highest BCUT2D eigenvalue weighted by molar-refractivity contribution is 6.40. The van der Waals surface area contributed by atoms with Gasteiger partial charge in [0.05, 0.1) is 72.9 Å². The van der Waals surface area contributed by atoms with Crippen molar-refractivity contribution in [3.63, 3.8) is 0 Å². The first-order valence-electron chi connectivity index (χ1n) is 16.2. The number of fused-ring (bicyclic) bond motifs is 4. The number of benzene rings is 3. The van der Waals surface area contributed by atoms with Crippen molar-refractivity contribution in [2.75, 3.05) is 39.1 Å². The van der Waals surface area contributed by atoms with Crippen LogP contribution in [0.25, 0.3) is 33.3 Å². The second-order valence-corrected chi connectivity index (χ2v) is 13.4. The minimum atomic E-state index is -0.616. The SMILES string of the molecule is COC(=O)c1cc(F)c(-c2cccc3c2OCN(C(=O)c2c(Cl)cc(-c4cnc(OC)c5nn(C)nc45)cc2Cl)C3)cc1N1C2CCC1COC2. The topological polar surface area (TPSA) is 121 Å². The van der Waals surface area contributed by atoms with E-state index in [2.05, 4.69) is 20.1 Å². The Bertz CT molecular complexity index is 2210. The summed E-state index contributed by atoms with van der Waals surface area (Å²) in [6, 6.07) is 11.7. The highest BCUT2D eigenvalue weighted by atomic mass is 35.5. The predicted octanol–water partition coefficient (Wildman–Crippen LogP) is 6.30. The van der Waals surface area contributed by atoms with Crippen molar-refractivity contribution in [1.82, 2.24) is 24.9 Å². The zero-order chi connectivity index (χ0) is 35.6. The summed E-state index contributed by atoms with van der Waals surface area (Å²) < 4.78 is 38.3. The molecule has 0 spiro atoms. The first kappa shape index (κ1) is 33.2. The lowest BCUT2D eigenvalue weighted by Gasteiger charge is -2.37. The number of anilines is 1. The number of amides is 1. The molecular weight excluding hydrogens is 702 g/mol. The lowest BCUT2D eigenvalue weighted by Crippen LogP contribution is -2.46. The van der Waals surface area contributed by atoms with Gasteiger partial charge in [0.25, 0.3) is 5.91 Å². The quantitative estimate of drug-likeness (QED) is 0.184. The van der Waals surface area contributed by atoms with E-state index in [4.69, 9.17) is 42.1 Å². The third-order valence-corrected chi connectivity index (χ3v) is 10.2. The third kappa shape index (κ3) is 5.60. The number of ether oxygens (including phenoxy) is 4. The molecule has 5 aromatic rings. The standard InChI is InChI=1S/C36H31Cl2FN6O6/c1-43-41-31-25(13-40-34(48-2)32(31)42-43)19-9-26(37)30(27(38)10-19)35(46)44-14-18-5-4-6-22(33(18)51-17-44)23-12-29(24(11-28(23)39)36(47)49-3)45-20-7-8-21(45)16-50-15-20/h4-6,9-13,20-21H,7-8,14-17H2,1-3H3. The minimum Gasteiger partial charge on any atom is -0.479 e. The van der Waals surface area contributed by atoms with E-state index in [1.807, 2.05) is 6.07 Å². The molecule has 5 heterocycles. The van der Waals surface area contributed by atoms with Gasteiger partial charge in [0.2, 0.25) is 5.88 Å². The molecule has 262 valence electrons. The predicted molar refractivity (Wildman–Crippen MR) is 187 cm³/mol. The van der Waals surface area contributed by atoms with Crippen molar-refractivity contribution >= 4 is 51.8 Å². The molecule has 0 aliphatic carbocycles. The van der Waals surface area contributed by atoms with Crippen LogP contribution in [0.2, 0.25) is 10.0 Å². The van der Waals surface area contributed by atoms with Crippen LogP contribution in [0.3, 0.4) is 0 Å². The molecule has 0 radical (unpaired) electrons. The van der Waals surface area contributed by atoms with Crippen LogP contribution < -0.4 is 14.4 Å². The van der Waals surface area contributed by atoms with Crippen LogP contribution in [-0.4, -0.2) is 83.0 Å². The van der Waals surface area contributed by atoms with Crippen LogP contribution in [0.5, 0.6) is 11.6 Å². The highest BCUT2D eigenvalue weighted by Crippen LogP contribution is 2.44. The Labute approximate surface area is 301 Å². The molecule has 2 unspecified atom stereocenters. The van der Waals surface area contributed by atoms with Crippen molar-refractivity contribution in [2.24, 2.45) is 7.05 Å². The summed E-state index contributed by atoms with van der Waals surface area (Å²) in [6.07, 6.45) is 3.41. The summed E-state index contributed by atoms with van der Waals surface area (Å²) in [5, 5.41) is 9.07. The lowest BCUT2D eigenvalue weighted by atomic mass is 9.96. The van der Waals surface area contributed by atoms with Gasteiger partial charge >= 0.3 is 5.97 Å². The Morgan fingerprint density at radius 1 is 0.961 bits per heavy atom. The molecule has 12 nitrogen and oxygen atoms in total. The normalized spacial score (nSPS) is 18.1. The van der Waals surface area contributed by atoms with Crippen LogP contribution in [-0.2, 0) is 23.1 Å². The number of carbonyl (C=O) groups is 2. The summed E-state index contributed by atoms with van der Waals surface area (Å²) in [6.45, 7) is 1.07. The van der Waals surface area contributed by atoms with E-state index in [9.17, 15) is 9.59 Å². The van der Waals surface area contributed by atoms with Crippen molar-refractivity contribution in [1.29, 1.82) is 0 Å². The summed E-state index contributed by atoms with van der Waals surface area (Å²) in [5.74, 6) is -0.891. The maximum Gasteiger partial charge on any atom is 0.340 e. The number of rotatable bonds is 6. The number of hydrogen-bond donors (Lipinski definition) is 0. The molecule has 15 heteroatoms.